The molecule has 1 aliphatic carbocycles. The number of carbonyl (C=O) groups is 1. The van der Waals surface area contributed by atoms with E-state index in [1.807, 2.05) is 6.92 Å². The molecule has 0 atom stereocenters. The normalized spacial score (nSPS) is 17.2. The van der Waals surface area contributed by atoms with Gasteiger partial charge in [-0.05, 0) is 40.8 Å². The van der Waals surface area contributed by atoms with Gasteiger partial charge in [0.25, 0.3) is 0 Å². The molecule has 1 aliphatic rings. The number of rotatable bonds is 3. The number of carboxylic acids is 1. The predicted octanol–water partition coefficient (Wildman–Crippen LogP) is 3.27. The molecule has 86 valence electrons. The lowest BCUT2D eigenvalue weighted by molar-refractivity contribution is -0.140. The smallest absolute Gasteiger partial charge is 0.314 e. The second kappa shape index (κ2) is 3.84. The van der Waals surface area contributed by atoms with E-state index in [0.29, 0.717) is 22.9 Å². The number of aryl methyl sites for hydroxylation is 1. The monoisotopic (exact) mass is 286 g/mol. The van der Waals surface area contributed by atoms with E-state index in [0.717, 1.165) is 12.0 Å². The molecule has 4 heteroatoms. The Kier molecular flexibility index (Phi) is 2.78. The van der Waals surface area contributed by atoms with E-state index in [1.54, 1.807) is 12.1 Å². The van der Waals surface area contributed by atoms with E-state index in [-0.39, 0.29) is 0 Å². The minimum absolute atomic E-state index is 0.309. The highest BCUT2D eigenvalue weighted by atomic mass is 79.9. The van der Waals surface area contributed by atoms with Gasteiger partial charge in [-0.25, -0.2) is 4.39 Å². The third kappa shape index (κ3) is 1.56. The van der Waals surface area contributed by atoms with Crippen molar-refractivity contribution in [3.8, 4) is 0 Å². The molecule has 2 nitrogen and oxygen atoms in total. The molecule has 0 unspecified atom stereocenters. The van der Waals surface area contributed by atoms with Gasteiger partial charge < -0.3 is 5.11 Å². The molecule has 0 aliphatic heterocycles. The summed E-state index contributed by atoms with van der Waals surface area (Å²) in [6.45, 7) is 1.93. The second-order valence-corrected chi connectivity index (χ2v) is 4.93. The second-order valence-electron chi connectivity index (χ2n) is 4.14. The zero-order valence-electron chi connectivity index (χ0n) is 8.89. The molecule has 0 bridgehead atoms. The van der Waals surface area contributed by atoms with Crippen molar-refractivity contribution < 1.29 is 14.3 Å². The summed E-state index contributed by atoms with van der Waals surface area (Å²) in [5, 5.41) is 9.12. The van der Waals surface area contributed by atoms with Gasteiger partial charge in [0.2, 0.25) is 0 Å². The minimum atomic E-state index is -0.973. The van der Waals surface area contributed by atoms with Crippen LogP contribution in [0, 0.1) is 5.82 Å². The summed E-state index contributed by atoms with van der Waals surface area (Å²) in [5.74, 6) is -1.35. The minimum Gasteiger partial charge on any atom is -0.481 e. The molecule has 1 fully saturated rings. The average Bonchev–Trinajstić information content (AvgIpc) is 3.03. The Bertz CT molecular complexity index is 453. The van der Waals surface area contributed by atoms with Crippen LogP contribution < -0.4 is 0 Å². The Morgan fingerprint density at radius 1 is 1.56 bits per heavy atom. The highest BCUT2D eigenvalue weighted by Gasteiger charge is 2.53. The van der Waals surface area contributed by atoms with Crippen LogP contribution in [0.4, 0.5) is 4.39 Å². The lowest BCUT2D eigenvalue weighted by atomic mass is 9.94. The van der Waals surface area contributed by atoms with Gasteiger partial charge in [-0.3, -0.25) is 4.79 Å². The SMILES string of the molecule is CCc1ccc(C2(C(=O)O)CC2)c(F)c1Br. The Labute approximate surface area is 102 Å². The summed E-state index contributed by atoms with van der Waals surface area (Å²) >= 11 is 3.19. The molecule has 0 spiro atoms. The van der Waals surface area contributed by atoms with Crippen molar-refractivity contribution >= 4 is 21.9 Å². The quantitative estimate of drug-likeness (QED) is 0.926. The number of halogens is 2. The molecule has 16 heavy (non-hydrogen) atoms. The van der Waals surface area contributed by atoms with Crippen LogP contribution in [0.25, 0.3) is 0 Å². The maximum atomic E-state index is 14.0. The first kappa shape index (κ1) is 11.6. The Morgan fingerprint density at radius 3 is 2.62 bits per heavy atom. The lowest BCUT2D eigenvalue weighted by Gasteiger charge is -2.14. The third-order valence-electron chi connectivity index (χ3n) is 3.22. The van der Waals surface area contributed by atoms with E-state index in [4.69, 9.17) is 5.11 Å². The van der Waals surface area contributed by atoms with Gasteiger partial charge in [0.15, 0.2) is 0 Å². The van der Waals surface area contributed by atoms with Crippen LogP contribution in [0.1, 0.15) is 30.9 Å². The van der Waals surface area contributed by atoms with Crippen LogP contribution in [0.5, 0.6) is 0 Å². The first-order valence-electron chi connectivity index (χ1n) is 5.23. The zero-order valence-corrected chi connectivity index (χ0v) is 10.5. The van der Waals surface area contributed by atoms with E-state index >= 15 is 0 Å². The lowest BCUT2D eigenvalue weighted by Crippen LogP contribution is -2.21. The van der Waals surface area contributed by atoms with Gasteiger partial charge in [-0.2, -0.15) is 0 Å². The maximum Gasteiger partial charge on any atom is 0.314 e. The van der Waals surface area contributed by atoms with Gasteiger partial charge >= 0.3 is 5.97 Å². The summed E-state index contributed by atoms with van der Waals surface area (Å²) < 4.78 is 14.4. The highest BCUT2D eigenvalue weighted by Crippen LogP contribution is 2.50. The molecular weight excluding hydrogens is 275 g/mol. The molecule has 2 rings (SSSR count). The molecule has 1 aromatic rings. The maximum absolute atomic E-state index is 14.0. The van der Waals surface area contributed by atoms with Crippen molar-refractivity contribution in [2.75, 3.05) is 0 Å². The van der Waals surface area contributed by atoms with Crippen LogP contribution >= 0.6 is 15.9 Å². The molecular formula is C12H12BrFO2. The number of hydrogen-bond acceptors (Lipinski definition) is 1. The van der Waals surface area contributed by atoms with Gasteiger partial charge in [0.05, 0.1) is 9.89 Å². The summed E-state index contributed by atoms with van der Waals surface area (Å²) in [6.07, 6.45) is 1.77. The first-order chi connectivity index (χ1) is 7.53. The van der Waals surface area contributed by atoms with Crippen molar-refractivity contribution in [3.05, 3.63) is 33.5 Å². The first-order valence-corrected chi connectivity index (χ1v) is 6.03. The number of carboxylic acid groups (broad SMARTS) is 1. The van der Waals surface area contributed by atoms with Gasteiger partial charge in [0.1, 0.15) is 5.82 Å². The van der Waals surface area contributed by atoms with Crippen LogP contribution in [-0.4, -0.2) is 11.1 Å². The fraction of sp³-hybridized carbons (Fsp3) is 0.417. The Balaban J connectivity index is 2.52. The van der Waals surface area contributed by atoms with Gasteiger partial charge in [-0.15, -0.1) is 0 Å². The highest BCUT2D eigenvalue weighted by molar-refractivity contribution is 9.10. The van der Waals surface area contributed by atoms with Crippen molar-refractivity contribution in [1.29, 1.82) is 0 Å². The standard InChI is InChI=1S/C12H12BrFO2/c1-2-7-3-4-8(10(14)9(7)13)12(5-6-12)11(15)16/h3-4H,2,5-6H2,1H3,(H,15,16). The molecule has 1 saturated carbocycles. The summed E-state index contributed by atoms with van der Waals surface area (Å²) in [6, 6.07) is 3.41. The van der Waals surface area contributed by atoms with Crippen LogP contribution in [0.2, 0.25) is 0 Å². The van der Waals surface area contributed by atoms with Crippen molar-refractivity contribution in [2.24, 2.45) is 0 Å². The number of aliphatic carboxylic acids is 1. The molecule has 0 saturated heterocycles. The zero-order chi connectivity index (χ0) is 11.9. The third-order valence-corrected chi connectivity index (χ3v) is 4.08. The van der Waals surface area contributed by atoms with E-state index in [2.05, 4.69) is 15.9 Å². The predicted molar refractivity (Wildman–Crippen MR) is 62.0 cm³/mol. The van der Waals surface area contributed by atoms with Crippen molar-refractivity contribution in [3.63, 3.8) is 0 Å². The Hall–Kier alpha value is -0.900. The fourth-order valence-electron chi connectivity index (χ4n) is 1.96. The summed E-state index contributed by atoms with van der Waals surface area (Å²) in [7, 11) is 0. The van der Waals surface area contributed by atoms with E-state index < -0.39 is 17.2 Å². The largest absolute Gasteiger partial charge is 0.481 e. The van der Waals surface area contributed by atoms with Gasteiger partial charge in [-0.1, -0.05) is 19.1 Å². The molecule has 1 N–H and O–H groups in total. The molecule has 0 heterocycles. The van der Waals surface area contributed by atoms with Crippen LogP contribution in [-0.2, 0) is 16.6 Å². The van der Waals surface area contributed by atoms with E-state index in [1.165, 1.54) is 0 Å². The molecule has 0 radical (unpaired) electrons. The van der Waals surface area contributed by atoms with Crippen molar-refractivity contribution in [1.82, 2.24) is 0 Å². The number of hydrogen-bond donors (Lipinski definition) is 1. The van der Waals surface area contributed by atoms with Crippen LogP contribution in [0.15, 0.2) is 16.6 Å². The molecule has 0 aromatic heterocycles. The summed E-state index contributed by atoms with van der Waals surface area (Å²) in [5.41, 5.74) is 0.199. The summed E-state index contributed by atoms with van der Waals surface area (Å²) in [4.78, 5) is 11.1. The van der Waals surface area contributed by atoms with Crippen LogP contribution in [0.3, 0.4) is 0 Å². The van der Waals surface area contributed by atoms with Gasteiger partial charge in [0, 0.05) is 5.56 Å². The average molecular weight is 287 g/mol. The fourth-order valence-corrected chi connectivity index (χ4v) is 2.58. The van der Waals surface area contributed by atoms with E-state index in [9.17, 15) is 9.18 Å². The Morgan fingerprint density at radius 2 is 2.19 bits per heavy atom. The topological polar surface area (TPSA) is 37.3 Å². The molecule has 0 amide bonds. The molecule has 1 aromatic carbocycles. The van der Waals surface area contributed by atoms with Crippen molar-refractivity contribution in [2.45, 2.75) is 31.6 Å². The number of benzene rings is 1.